The van der Waals surface area contributed by atoms with E-state index in [-0.39, 0.29) is 12.4 Å². The van der Waals surface area contributed by atoms with Crippen molar-refractivity contribution in [3.63, 3.8) is 0 Å². The van der Waals surface area contributed by atoms with E-state index in [0.29, 0.717) is 6.61 Å². The summed E-state index contributed by atoms with van der Waals surface area (Å²) in [4.78, 5) is 18.6. The van der Waals surface area contributed by atoms with Crippen molar-refractivity contribution in [3.8, 4) is 0 Å². The Morgan fingerprint density at radius 3 is 2.50 bits per heavy atom. The van der Waals surface area contributed by atoms with Crippen LogP contribution in [-0.2, 0) is 15.7 Å². The predicted octanol–water partition coefficient (Wildman–Crippen LogP) is 2.77. The molecule has 1 heterocycles. The first-order valence-electron chi connectivity index (χ1n) is 6.04. The first-order chi connectivity index (χ1) is 9.31. The zero-order valence-electron chi connectivity index (χ0n) is 11.3. The van der Waals surface area contributed by atoms with Crippen LogP contribution in [0.4, 0.5) is 13.2 Å². The second-order valence-electron chi connectivity index (χ2n) is 3.81. The number of aromatic nitrogens is 2. The summed E-state index contributed by atoms with van der Waals surface area (Å²) in [7, 11) is 0. The maximum Gasteiger partial charge on any atom is 0.434 e. The van der Waals surface area contributed by atoms with Crippen LogP contribution >= 0.6 is 0 Å². The van der Waals surface area contributed by atoms with Crippen LogP contribution in [0, 0.1) is 0 Å². The van der Waals surface area contributed by atoms with Gasteiger partial charge in [-0.05, 0) is 20.8 Å². The fourth-order valence-electron chi connectivity index (χ4n) is 1.49. The van der Waals surface area contributed by atoms with Crippen LogP contribution in [0.25, 0.3) is 0 Å². The Balaban J connectivity index is 3.24. The van der Waals surface area contributed by atoms with Crippen LogP contribution in [0.3, 0.4) is 0 Å². The van der Waals surface area contributed by atoms with Crippen LogP contribution in [0.2, 0.25) is 0 Å². The Kier molecular flexibility index (Phi) is 5.43. The number of nitrogens with zero attached hydrogens (tertiary/aromatic N) is 2. The van der Waals surface area contributed by atoms with Crippen LogP contribution < -0.4 is 0 Å². The van der Waals surface area contributed by atoms with Gasteiger partial charge in [0, 0.05) is 12.8 Å². The van der Waals surface area contributed by atoms with Gasteiger partial charge in [0.25, 0.3) is 0 Å². The molecule has 0 N–H and O–H groups in total. The van der Waals surface area contributed by atoms with Crippen LogP contribution in [-0.4, -0.2) is 29.2 Å². The molecule has 0 fully saturated rings. The standard InChI is InChI=1S/C12H15F3N2O3/c1-4-19-7(3)10-16-6-8(11(18)20-5-2)9(17-10)12(13,14)15/h6-7H,4-5H2,1-3H3. The fourth-order valence-corrected chi connectivity index (χ4v) is 1.49. The van der Waals surface area contributed by atoms with Gasteiger partial charge in [-0.2, -0.15) is 13.2 Å². The molecular formula is C12H15F3N2O3. The Bertz CT molecular complexity index is 478. The molecule has 0 bridgehead atoms. The van der Waals surface area contributed by atoms with Crippen LogP contribution in [0.5, 0.6) is 0 Å². The topological polar surface area (TPSA) is 61.3 Å². The van der Waals surface area contributed by atoms with Gasteiger partial charge in [-0.15, -0.1) is 0 Å². The van der Waals surface area contributed by atoms with E-state index in [4.69, 9.17) is 4.74 Å². The monoisotopic (exact) mass is 292 g/mol. The van der Waals surface area contributed by atoms with Crippen LogP contribution in [0.15, 0.2) is 6.20 Å². The lowest BCUT2D eigenvalue weighted by Gasteiger charge is -2.15. The number of ether oxygens (including phenoxy) is 2. The van der Waals surface area contributed by atoms with Crippen molar-refractivity contribution in [2.45, 2.75) is 33.1 Å². The highest BCUT2D eigenvalue weighted by Crippen LogP contribution is 2.31. The average molecular weight is 292 g/mol. The molecule has 0 amide bonds. The molecule has 1 atom stereocenters. The summed E-state index contributed by atoms with van der Waals surface area (Å²) in [6.07, 6.45) is -4.65. The Morgan fingerprint density at radius 2 is 2.00 bits per heavy atom. The van der Waals surface area contributed by atoms with E-state index >= 15 is 0 Å². The molecule has 0 saturated heterocycles. The largest absolute Gasteiger partial charge is 0.462 e. The summed E-state index contributed by atoms with van der Waals surface area (Å²) in [5, 5.41) is 0. The van der Waals surface area contributed by atoms with Gasteiger partial charge >= 0.3 is 12.1 Å². The molecule has 20 heavy (non-hydrogen) atoms. The SMILES string of the molecule is CCOC(=O)c1cnc(C(C)OCC)nc1C(F)(F)F. The highest BCUT2D eigenvalue weighted by molar-refractivity contribution is 5.90. The second-order valence-corrected chi connectivity index (χ2v) is 3.81. The third-order valence-corrected chi connectivity index (χ3v) is 2.35. The Hall–Kier alpha value is -1.70. The first-order valence-corrected chi connectivity index (χ1v) is 6.04. The van der Waals surface area contributed by atoms with Gasteiger partial charge in [0.15, 0.2) is 11.5 Å². The van der Waals surface area contributed by atoms with Crippen LogP contribution in [0.1, 0.15) is 48.8 Å². The van der Waals surface area contributed by atoms with Gasteiger partial charge < -0.3 is 9.47 Å². The van der Waals surface area contributed by atoms with Gasteiger partial charge in [-0.3, -0.25) is 0 Å². The molecule has 0 aliphatic carbocycles. The van der Waals surface area contributed by atoms with E-state index in [0.717, 1.165) is 6.20 Å². The summed E-state index contributed by atoms with van der Waals surface area (Å²) < 4.78 is 48.5. The highest BCUT2D eigenvalue weighted by atomic mass is 19.4. The smallest absolute Gasteiger partial charge is 0.434 e. The minimum absolute atomic E-state index is 0.0345. The number of hydrogen-bond acceptors (Lipinski definition) is 5. The number of alkyl halides is 3. The van der Waals surface area contributed by atoms with Crippen molar-refractivity contribution < 1.29 is 27.4 Å². The maximum absolute atomic E-state index is 12.9. The van der Waals surface area contributed by atoms with E-state index < -0.39 is 29.5 Å². The van der Waals surface area contributed by atoms with Crippen molar-refractivity contribution in [1.82, 2.24) is 9.97 Å². The molecule has 0 spiro atoms. The second kappa shape index (κ2) is 6.65. The summed E-state index contributed by atoms with van der Waals surface area (Å²) in [6.45, 7) is 5.01. The summed E-state index contributed by atoms with van der Waals surface area (Å²) in [5.74, 6) is -1.23. The Morgan fingerprint density at radius 1 is 1.35 bits per heavy atom. The van der Waals surface area contributed by atoms with Gasteiger partial charge in [-0.25, -0.2) is 14.8 Å². The summed E-state index contributed by atoms with van der Waals surface area (Å²) in [6, 6.07) is 0. The quantitative estimate of drug-likeness (QED) is 0.781. The third-order valence-electron chi connectivity index (χ3n) is 2.35. The summed E-state index contributed by atoms with van der Waals surface area (Å²) >= 11 is 0. The molecule has 0 aliphatic heterocycles. The molecule has 0 saturated carbocycles. The Labute approximate surface area is 114 Å². The molecule has 1 aromatic rings. The molecule has 1 aromatic heterocycles. The number of carbonyl (C=O) groups is 1. The number of rotatable bonds is 5. The minimum Gasteiger partial charge on any atom is -0.462 e. The van der Waals surface area contributed by atoms with E-state index in [1.165, 1.54) is 13.8 Å². The van der Waals surface area contributed by atoms with E-state index in [9.17, 15) is 18.0 Å². The number of halogens is 3. The third kappa shape index (κ3) is 3.89. The average Bonchev–Trinajstić information content (AvgIpc) is 2.37. The maximum atomic E-state index is 12.9. The molecule has 112 valence electrons. The summed E-state index contributed by atoms with van der Waals surface area (Å²) in [5.41, 5.74) is -2.01. The molecule has 1 unspecified atom stereocenters. The molecule has 0 aromatic carbocycles. The van der Waals surface area contributed by atoms with Gasteiger partial charge in [0.05, 0.1) is 6.61 Å². The molecule has 5 nitrogen and oxygen atoms in total. The molecule has 1 rings (SSSR count). The van der Waals surface area contributed by atoms with Gasteiger partial charge in [0.1, 0.15) is 11.7 Å². The lowest BCUT2D eigenvalue weighted by Crippen LogP contribution is -2.20. The van der Waals surface area contributed by atoms with Gasteiger partial charge in [0.2, 0.25) is 0 Å². The number of carbonyl (C=O) groups excluding carboxylic acids is 1. The normalized spacial score (nSPS) is 13.1. The van der Waals surface area contributed by atoms with E-state index in [1.54, 1.807) is 6.92 Å². The highest BCUT2D eigenvalue weighted by Gasteiger charge is 2.38. The van der Waals surface area contributed by atoms with Gasteiger partial charge in [-0.1, -0.05) is 0 Å². The predicted molar refractivity (Wildman–Crippen MR) is 63.0 cm³/mol. The van der Waals surface area contributed by atoms with E-state index in [2.05, 4.69) is 14.7 Å². The fraction of sp³-hybridized carbons (Fsp3) is 0.583. The van der Waals surface area contributed by atoms with Crippen molar-refractivity contribution in [1.29, 1.82) is 0 Å². The zero-order valence-corrected chi connectivity index (χ0v) is 11.3. The number of esters is 1. The van der Waals surface area contributed by atoms with Crippen molar-refractivity contribution in [3.05, 3.63) is 23.3 Å². The van der Waals surface area contributed by atoms with Crippen molar-refractivity contribution in [2.75, 3.05) is 13.2 Å². The molecule has 0 radical (unpaired) electrons. The lowest BCUT2D eigenvalue weighted by molar-refractivity contribution is -0.142. The number of hydrogen-bond donors (Lipinski definition) is 0. The molecule has 8 heteroatoms. The molecular weight excluding hydrogens is 277 g/mol. The zero-order chi connectivity index (χ0) is 15.3. The minimum atomic E-state index is -4.77. The first kappa shape index (κ1) is 16.4. The lowest BCUT2D eigenvalue weighted by atomic mass is 10.2. The van der Waals surface area contributed by atoms with Crippen molar-refractivity contribution >= 4 is 5.97 Å². The van der Waals surface area contributed by atoms with E-state index in [1.807, 2.05) is 0 Å². The molecule has 0 aliphatic rings. The van der Waals surface area contributed by atoms with Crippen molar-refractivity contribution in [2.24, 2.45) is 0 Å².